The van der Waals surface area contributed by atoms with Crippen molar-refractivity contribution in [2.24, 2.45) is 5.92 Å². The number of hydrogen-bond acceptors (Lipinski definition) is 3. The first-order chi connectivity index (χ1) is 11.8. The van der Waals surface area contributed by atoms with Crippen LogP contribution in [0.4, 0.5) is 0 Å². The summed E-state index contributed by atoms with van der Waals surface area (Å²) >= 11 is 5.82. The van der Waals surface area contributed by atoms with E-state index < -0.39 is 6.04 Å². The van der Waals surface area contributed by atoms with E-state index in [9.17, 15) is 14.4 Å². The highest BCUT2D eigenvalue weighted by molar-refractivity contribution is 6.30. The first-order valence-electron chi connectivity index (χ1n) is 8.38. The van der Waals surface area contributed by atoms with Crippen molar-refractivity contribution in [1.82, 2.24) is 15.5 Å². The molecule has 1 aliphatic rings. The van der Waals surface area contributed by atoms with Crippen LogP contribution in [0.3, 0.4) is 0 Å². The van der Waals surface area contributed by atoms with Crippen molar-refractivity contribution < 1.29 is 14.4 Å². The molecular weight excluding hydrogens is 342 g/mol. The molecule has 1 fully saturated rings. The summed E-state index contributed by atoms with van der Waals surface area (Å²) < 4.78 is 0. The van der Waals surface area contributed by atoms with Crippen LogP contribution in [-0.2, 0) is 9.59 Å². The molecule has 1 aromatic carbocycles. The Bertz CT molecular complexity index is 641. The molecule has 0 saturated heterocycles. The molecule has 0 spiro atoms. The molecule has 0 heterocycles. The second kappa shape index (κ2) is 8.34. The summed E-state index contributed by atoms with van der Waals surface area (Å²) in [5.74, 6) is -0.926. The third-order valence-corrected chi connectivity index (χ3v) is 4.28. The third-order valence-electron chi connectivity index (χ3n) is 4.03. The van der Waals surface area contributed by atoms with Gasteiger partial charge in [-0.05, 0) is 43.0 Å². The molecule has 0 radical (unpaired) electrons. The quantitative estimate of drug-likeness (QED) is 0.773. The first-order valence-corrected chi connectivity index (χ1v) is 8.76. The summed E-state index contributed by atoms with van der Waals surface area (Å²) in [5, 5.41) is 6.14. The Morgan fingerprint density at radius 2 is 1.80 bits per heavy atom. The average molecular weight is 366 g/mol. The predicted molar refractivity (Wildman–Crippen MR) is 96.3 cm³/mol. The van der Waals surface area contributed by atoms with Gasteiger partial charge < -0.3 is 15.5 Å². The standard InChI is InChI=1S/C18H24ClN3O3/c1-11(2)16(21-17(24)12-4-6-13(19)7-5-12)18(25)22(3)10-15(23)20-14-8-9-14/h4-7,11,14,16H,8-10H2,1-3H3,(H,20,23)(H,21,24). The highest BCUT2D eigenvalue weighted by Crippen LogP contribution is 2.18. The van der Waals surface area contributed by atoms with Crippen LogP contribution in [-0.4, -0.2) is 48.3 Å². The SMILES string of the molecule is CC(C)C(NC(=O)c1ccc(Cl)cc1)C(=O)N(C)CC(=O)NC1CC1. The van der Waals surface area contributed by atoms with Crippen LogP contribution in [0.2, 0.25) is 5.02 Å². The molecule has 6 nitrogen and oxygen atoms in total. The van der Waals surface area contributed by atoms with Gasteiger partial charge in [0.2, 0.25) is 11.8 Å². The largest absolute Gasteiger partial charge is 0.352 e. The van der Waals surface area contributed by atoms with Gasteiger partial charge >= 0.3 is 0 Å². The number of likely N-dealkylation sites (N-methyl/N-ethyl adjacent to an activating group) is 1. The van der Waals surface area contributed by atoms with E-state index in [1.54, 1.807) is 31.3 Å². The molecule has 0 aromatic heterocycles. The fraction of sp³-hybridized carbons (Fsp3) is 0.500. The summed E-state index contributed by atoms with van der Waals surface area (Å²) in [6.45, 7) is 3.68. The Morgan fingerprint density at radius 3 is 2.32 bits per heavy atom. The zero-order valence-electron chi connectivity index (χ0n) is 14.7. The van der Waals surface area contributed by atoms with Gasteiger partial charge in [-0.15, -0.1) is 0 Å². The van der Waals surface area contributed by atoms with Gasteiger partial charge in [0.1, 0.15) is 6.04 Å². The molecule has 3 amide bonds. The number of carbonyl (C=O) groups excluding carboxylic acids is 3. The maximum Gasteiger partial charge on any atom is 0.251 e. The lowest BCUT2D eigenvalue weighted by Gasteiger charge is -2.26. The predicted octanol–water partition coefficient (Wildman–Crippen LogP) is 1.83. The van der Waals surface area contributed by atoms with Gasteiger partial charge in [0.25, 0.3) is 5.91 Å². The maximum atomic E-state index is 12.7. The summed E-state index contributed by atoms with van der Waals surface area (Å²) in [6, 6.07) is 6.00. The Balaban J connectivity index is 1.97. The van der Waals surface area contributed by atoms with Gasteiger partial charge in [-0.2, -0.15) is 0 Å². The van der Waals surface area contributed by atoms with Gasteiger partial charge in [-0.25, -0.2) is 0 Å². The van der Waals surface area contributed by atoms with Gasteiger partial charge in [-0.3, -0.25) is 14.4 Å². The van der Waals surface area contributed by atoms with Crippen molar-refractivity contribution in [3.8, 4) is 0 Å². The van der Waals surface area contributed by atoms with Crippen LogP contribution in [0, 0.1) is 5.92 Å². The van der Waals surface area contributed by atoms with E-state index in [1.807, 2.05) is 13.8 Å². The number of benzene rings is 1. The molecule has 1 atom stereocenters. The summed E-state index contributed by atoms with van der Waals surface area (Å²) in [4.78, 5) is 38.2. The van der Waals surface area contributed by atoms with E-state index in [0.29, 0.717) is 10.6 Å². The molecule has 136 valence electrons. The highest BCUT2D eigenvalue weighted by Gasteiger charge is 2.29. The fourth-order valence-corrected chi connectivity index (χ4v) is 2.50. The minimum Gasteiger partial charge on any atom is -0.352 e. The average Bonchev–Trinajstić information content (AvgIpc) is 3.35. The second-order valence-electron chi connectivity index (χ2n) is 6.74. The molecule has 0 aliphatic heterocycles. The van der Waals surface area contributed by atoms with Crippen molar-refractivity contribution in [2.45, 2.75) is 38.8 Å². The Labute approximate surface area is 152 Å². The molecule has 0 bridgehead atoms. The topological polar surface area (TPSA) is 78.5 Å². The minimum atomic E-state index is -0.707. The first kappa shape index (κ1) is 19.2. The molecule has 2 N–H and O–H groups in total. The zero-order chi connectivity index (χ0) is 18.6. The monoisotopic (exact) mass is 365 g/mol. The Kier molecular flexibility index (Phi) is 6.42. The van der Waals surface area contributed by atoms with E-state index in [-0.39, 0.29) is 36.2 Å². The maximum absolute atomic E-state index is 12.7. The molecule has 2 rings (SSSR count). The van der Waals surface area contributed by atoms with E-state index in [4.69, 9.17) is 11.6 Å². The molecule has 1 unspecified atom stereocenters. The molecular formula is C18H24ClN3O3. The highest BCUT2D eigenvalue weighted by atomic mass is 35.5. The summed E-state index contributed by atoms with van der Waals surface area (Å²) in [5.41, 5.74) is 0.428. The lowest BCUT2D eigenvalue weighted by atomic mass is 10.0. The molecule has 7 heteroatoms. The molecule has 1 aliphatic carbocycles. The number of carbonyl (C=O) groups is 3. The molecule has 1 aromatic rings. The Morgan fingerprint density at radius 1 is 1.20 bits per heavy atom. The zero-order valence-corrected chi connectivity index (χ0v) is 15.5. The smallest absolute Gasteiger partial charge is 0.251 e. The summed E-state index contributed by atoms with van der Waals surface area (Å²) in [6.07, 6.45) is 1.99. The number of halogens is 1. The number of amides is 3. The lowest BCUT2D eigenvalue weighted by molar-refractivity contribution is -0.137. The van der Waals surface area contributed by atoms with Gasteiger partial charge in [-0.1, -0.05) is 25.4 Å². The number of hydrogen-bond donors (Lipinski definition) is 2. The van der Waals surface area contributed by atoms with E-state index >= 15 is 0 Å². The number of rotatable bonds is 7. The van der Waals surface area contributed by atoms with Crippen LogP contribution in [0.1, 0.15) is 37.0 Å². The van der Waals surface area contributed by atoms with Crippen LogP contribution < -0.4 is 10.6 Å². The second-order valence-corrected chi connectivity index (χ2v) is 7.17. The van der Waals surface area contributed by atoms with E-state index in [2.05, 4.69) is 10.6 Å². The van der Waals surface area contributed by atoms with Crippen LogP contribution in [0.5, 0.6) is 0 Å². The van der Waals surface area contributed by atoms with Crippen LogP contribution in [0.25, 0.3) is 0 Å². The van der Waals surface area contributed by atoms with Crippen molar-refractivity contribution in [2.75, 3.05) is 13.6 Å². The minimum absolute atomic E-state index is 0.0185. The van der Waals surface area contributed by atoms with E-state index in [0.717, 1.165) is 12.8 Å². The van der Waals surface area contributed by atoms with Crippen LogP contribution in [0.15, 0.2) is 24.3 Å². The van der Waals surface area contributed by atoms with Crippen molar-refractivity contribution in [3.05, 3.63) is 34.9 Å². The number of nitrogens with one attached hydrogen (secondary N) is 2. The van der Waals surface area contributed by atoms with Crippen molar-refractivity contribution >= 4 is 29.3 Å². The van der Waals surface area contributed by atoms with E-state index in [1.165, 1.54) is 4.90 Å². The molecule has 25 heavy (non-hydrogen) atoms. The van der Waals surface area contributed by atoms with Gasteiger partial charge in [0.15, 0.2) is 0 Å². The summed E-state index contributed by atoms with van der Waals surface area (Å²) in [7, 11) is 1.57. The van der Waals surface area contributed by atoms with Crippen molar-refractivity contribution in [1.29, 1.82) is 0 Å². The lowest BCUT2D eigenvalue weighted by Crippen LogP contribution is -2.52. The third kappa shape index (κ3) is 5.74. The molecule has 1 saturated carbocycles. The van der Waals surface area contributed by atoms with Gasteiger partial charge in [0.05, 0.1) is 6.54 Å². The number of nitrogens with zero attached hydrogens (tertiary/aromatic N) is 1. The Hall–Kier alpha value is -2.08. The fourth-order valence-electron chi connectivity index (χ4n) is 2.37. The van der Waals surface area contributed by atoms with Crippen molar-refractivity contribution in [3.63, 3.8) is 0 Å². The van der Waals surface area contributed by atoms with Crippen LogP contribution >= 0.6 is 11.6 Å². The normalized spacial score (nSPS) is 14.8. The van der Waals surface area contributed by atoms with Gasteiger partial charge in [0, 0.05) is 23.7 Å².